The molecule has 0 unspecified atom stereocenters. The van der Waals surface area contributed by atoms with E-state index in [-0.39, 0.29) is 26.2 Å². The summed E-state index contributed by atoms with van der Waals surface area (Å²) in [4.78, 5) is 23.7. The molecule has 112 valence electrons. The van der Waals surface area contributed by atoms with Crippen molar-refractivity contribution in [2.75, 3.05) is 19.8 Å². The van der Waals surface area contributed by atoms with Gasteiger partial charge in [0.15, 0.2) is 0 Å². The molecule has 0 saturated carbocycles. The third kappa shape index (κ3) is 3.84. The van der Waals surface area contributed by atoms with E-state index in [1.807, 2.05) is 0 Å². The summed E-state index contributed by atoms with van der Waals surface area (Å²) >= 11 is 0. The van der Waals surface area contributed by atoms with Crippen LogP contribution in [0.1, 0.15) is 35.5 Å². The number of carbonyl (C=O) groups is 2. The summed E-state index contributed by atoms with van der Waals surface area (Å²) < 4.78 is 11.6. The van der Waals surface area contributed by atoms with Crippen LogP contribution >= 0.6 is 0 Å². The quantitative estimate of drug-likeness (QED) is 0.757. The number of rotatable bonds is 7. The Labute approximate surface area is 118 Å². The van der Waals surface area contributed by atoms with E-state index in [2.05, 4.69) is 0 Å². The Morgan fingerprint density at radius 2 is 1.90 bits per heavy atom. The summed E-state index contributed by atoms with van der Waals surface area (Å²) in [5, 5.41) is 9.07. The highest BCUT2D eigenvalue weighted by molar-refractivity contribution is 5.93. The summed E-state index contributed by atoms with van der Waals surface area (Å²) in [5.41, 5.74) is 1.62. The van der Waals surface area contributed by atoms with Gasteiger partial charge in [-0.3, -0.25) is 4.79 Å². The normalized spacial score (nSPS) is 10.4. The minimum Gasteiger partial charge on any atom is -0.466 e. The lowest BCUT2D eigenvalue weighted by molar-refractivity contribution is -0.142. The van der Waals surface area contributed by atoms with Crippen molar-refractivity contribution in [1.29, 1.82) is 0 Å². The zero-order valence-electron chi connectivity index (χ0n) is 12.1. The molecule has 1 N–H and O–H groups in total. The first-order chi connectivity index (χ1) is 9.54. The van der Waals surface area contributed by atoms with Gasteiger partial charge in [-0.25, -0.2) is 4.79 Å². The number of ether oxygens (including phenoxy) is 2. The number of aryl methyl sites for hydroxylation is 1. The number of hydrogen-bond donors (Lipinski definition) is 1. The van der Waals surface area contributed by atoms with Crippen LogP contribution in [-0.2, 0) is 27.2 Å². The number of carbonyl (C=O) groups excluding carboxylic acids is 2. The van der Waals surface area contributed by atoms with E-state index in [0.717, 1.165) is 5.56 Å². The molecular formula is C14H21NO5. The molecule has 20 heavy (non-hydrogen) atoms. The molecule has 1 aromatic rings. The largest absolute Gasteiger partial charge is 0.466 e. The van der Waals surface area contributed by atoms with Crippen molar-refractivity contribution in [2.45, 2.75) is 33.7 Å². The number of hydrogen-bond acceptors (Lipinski definition) is 5. The number of aromatic nitrogens is 1. The van der Waals surface area contributed by atoms with Crippen LogP contribution in [0.15, 0.2) is 6.20 Å². The minimum atomic E-state index is -0.457. The fraction of sp³-hybridized carbons (Fsp3) is 0.571. The van der Waals surface area contributed by atoms with E-state index >= 15 is 0 Å². The summed E-state index contributed by atoms with van der Waals surface area (Å²) in [6, 6.07) is 0. The molecule has 0 aliphatic carbocycles. The second-order valence-electron chi connectivity index (χ2n) is 4.25. The van der Waals surface area contributed by atoms with Gasteiger partial charge in [0.1, 0.15) is 0 Å². The van der Waals surface area contributed by atoms with Crippen molar-refractivity contribution in [3.05, 3.63) is 23.0 Å². The van der Waals surface area contributed by atoms with Crippen molar-refractivity contribution in [3.8, 4) is 0 Å². The molecule has 0 spiro atoms. The molecular weight excluding hydrogens is 262 g/mol. The van der Waals surface area contributed by atoms with E-state index in [1.54, 1.807) is 31.5 Å². The van der Waals surface area contributed by atoms with E-state index in [1.165, 1.54) is 0 Å². The van der Waals surface area contributed by atoms with Crippen molar-refractivity contribution in [2.24, 2.45) is 0 Å². The van der Waals surface area contributed by atoms with Gasteiger partial charge in [0.05, 0.1) is 31.8 Å². The third-order valence-electron chi connectivity index (χ3n) is 2.82. The lowest BCUT2D eigenvalue weighted by Gasteiger charge is -2.10. The van der Waals surface area contributed by atoms with Gasteiger partial charge in [-0.15, -0.1) is 0 Å². The van der Waals surface area contributed by atoms with Gasteiger partial charge in [-0.1, -0.05) is 0 Å². The van der Waals surface area contributed by atoms with E-state index in [9.17, 15) is 9.59 Å². The van der Waals surface area contributed by atoms with Gasteiger partial charge in [0.2, 0.25) is 0 Å². The third-order valence-corrected chi connectivity index (χ3v) is 2.82. The first kappa shape index (κ1) is 16.2. The van der Waals surface area contributed by atoms with E-state index in [0.29, 0.717) is 17.8 Å². The predicted molar refractivity (Wildman–Crippen MR) is 72.5 cm³/mol. The molecule has 1 rings (SSSR count). The van der Waals surface area contributed by atoms with Gasteiger partial charge in [0.25, 0.3) is 0 Å². The maximum atomic E-state index is 12.0. The smallest absolute Gasteiger partial charge is 0.340 e. The zero-order chi connectivity index (χ0) is 15.1. The zero-order valence-corrected chi connectivity index (χ0v) is 12.1. The highest BCUT2D eigenvalue weighted by Gasteiger charge is 2.23. The lowest BCUT2D eigenvalue weighted by Crippen LogP contribution is -2.17. The Morgan fingerprint density at radius 3 is 2.45 bits per heavy atom. The summed E-state index contributed by atoms with van der Waals surface area (Å²) in [7, 11) is 0. The number of aliphatic hydroxyl groups excluding tert-OH is 1. The van der Waals surface area contributed by atoms with Gasteiger partial charge >= 0.3 is 11.9 Å². The Morgan fingerprint density at radius 1 is 1.25 bits per heavy atom. The molecule has 0 atom stereocenters. The molecule has 0 fully saturated rings. The maximum absolute atomic E-state index is 12.0. The highest BCUT2D eigenvalue weighted by atomic mass is 16.5. The van der Waals surface area contributed by atoms with Crippen molar-refractivity contribution in [1.82, 2.24) is 4.57 Å². The maximum Gasteiger partial charge on any atom is 0.340 e. The number of esters is 2. The van der Waals surface area contributed by atoms with Crippen LogP contribution < -0.4 is 0 Å². The Kier molecular flexibility index (Phi) is 6.24. The first-order valence-corrected chi connectivity index (χ1v) is 6.67. The second kappa shape index (κ2) is 7.69. The summed E-state index contributed by atoms with van der Waals surface area (Å²) in [5.74, 6) is -0.865. The van der Waals surface area contributed by atoms with Crippen LogP contribution in [0.25, 0.3) is 0 Å². The molecule has 0 aliphatic heterocycles. The molecule has 0 aromatic carbocycles. The average Bonchev–Trinajstić information content (AvgIpc) is 2.66. The summed E-state index contributed by atoms with van der Waals surface area (Å²) in [6.45, 7) is 6.01. The number of nitrogens with zero attached hydrogens (tertiary/aromatic N) is 1. The van der Waals surface area contributed by atoms with Gasteiger partial charge in [0, 0.05) is 18.4 Å². The monoisotopic (exact) mass is 283 g/mol. The highest BCUT2D eigenvalue weighted by Crippen LogP contribution is 2.19. The second-order valence-corrected chi connectivity index (χ2v) is 4.25. The van der Waals surface area contributed by atoms with Crippen molar-refractivity contribution >= 4 is 11.9 Å². The van der Waals surface area contributed by atoms with E-state index in [4.69, 9.17) is 14.6 Å². The summed E-state index contributed by atoms with van der Waals surface area (Å²) in [6.07, 6.45) is 1.72. The minimum absolute atomic E-state index is 0.0180. The molecule has 0 radical (unpaired) electrons. The molecule has 1 aromatic heterocycles. The van der Waals surface area contributed by atoms with Crippen LogP contribution in [0.4, 0.5) is 0 Å². The van der Waals surface area contributed by atoms with Crippen LogP contribution in [-0.4, -0.2) is 41.4 Å². The molecule has 1 heterocycles. The Balaban J connectivity index is 3.13. The molecule has 6 nitrogen and oxygen atoms in total. The van der Waals surface area contributed by atoms with Crippen LogP contribution in [0.3, 0.4) is 0 Å². The molecule has 0 amide bonds. The predicted octanol–water partition coefficient (Wildman–Crippen LogP) is 1.07. The molecule has 6 heteroatoms. The van der Waals surface area contributed by atoms with Gasteiger partial charge in [-0.05, 0) is 26.3 Å². The van der Waals surface area contributed by atoms with Crippen molar-refractivity contribution in [3.63, 3.8) is 0 Å². The average molecular weight is 283 g/mol. The fourth-order valence-electron chi connectivity index (χ4n) is 2.08. The van der Waals surface area contributed by atoms with Crippen molar-refractivity contribution < 1.29 is 24.2 Å². The Bertz CT molecular complexity index is 478. The first-order valence-electron chi connectivity index (χ1n) is 6.67. The lowest BCUT2D eigenvalue weighted by atomic mass is 10.1. The topological polar surface area (TPSA) is 77.8 Å². The van der Waals surface area contributed by atoms with Crippen LogP contribution in [0.5, 0.6) is 0 Å². The van der Waals surface area contributed by atoms with Gasteiger partial charge in [-0.2, -0.15) is 0 Å². The molecule has 0 aliphatic rings. The molecule has 0 bridgehead atoms. The fourth-order valence-corrected chi connectivity index (χ4v) is 2.08. The standard InChI is InChI=1S/C14H21NO5/c1-4-19-12(17)8-11-13(14(18)20-5-2)10(3)9-15(11)6-7-16/h9,16H,4-8H2,1-3H3. The van der Waals surface area contributed by atoms with Gasteiger partial charge < -0.3 is 19.1 Å². The molecule has 0 saturated heterocycles. The van der Waals surface area contributed by atoms with Crippen LogP contribution in [0.2, 0.25) is 0 Å². The van der Waals surface area contributed by atoms with E-state index < -0.39 is 11.9 Å². The SMILES string of the molecule is CCOC(=O)Cc1c(C(=O)OCC)c(C)cn1CCO. The number of aliphatic hydroxyl groups is 1. The Hall–Kier alpha value is -1.82. The van der Waals surface area contributed by atoms with Crippen LogP contribution in [0, 0.1) is 6.92 Å².